The number of rotatable bonds is 4. The maximum atomic E-state index is 12.9. The quantitative estimate of drug-likeness (QED) is 0.563. The Balaban J connectivity index is 1.95. The van der Waals surface area contributed by atoms with Crippen LogP contribution in [-0.2, 0) is 7.05 Å². The van der Waals surface area contributed by atoms with E-state index >= 15 is 0 Å². The molecule has 0 saturated heterocycles. The van der Waals surface area contributed by atoms with Gasteiger partial charge in [-0.15, -0.1) is 0 Å². The lowest BCUT2D eigenvalue weighted by Crippen LogP contribution is -2.18. The summed E-state index contributed by atoms with van der Waals surface area (Å²) in [5.74, 6) is 0.793. The zero-order valence-corrected chi connectivity index (χ0v) is 14.1. The molecule has 0 saturated carbocycles. The summed E-state index contributed by atoms with van der Waals surface area (Å²) in [6, 6.07) is 6.56. The smallest absolute Gasteiger partial charge is 0.285 e. The number of alkyl halides is 1. The second kappa shape index (κ2) is 6.14. The van der Waals surface area contributed by atoms with E-state index in [1.165, 1.54) is 4.57 Å². The number of hydrogen-bond donors (Lipinski definition) is 0. The third-order valence-electron chi connectivity index (χ3n) is 4.01. The molecule has 26 heavy (non-hydrogen) atoms. The SMILES string of the molecule is Cc1nc2c(=O)n(-c3ccc(OCF)cc3)cc(-c3cnn(C)c3)c2o1. The van der Waals surface area contributed by atoms with Gasteiger partial charge in [0.1, 0.15) is 5.75 Å². The van der Waals surface area contributed by atoms with Crippen molar-refractivity contribution in [3.8, 4) is 22.6 Å². The van der Waals surface area contributed by atoms with Crippen LogP contribution in [0.25, 0.3) is 27.9 Å². The summed E-state index contributed by atoms with van der Waals surface area (Å²) in [4.78, 5) is 17.1. The highest BCUT2D eigenvalue weighted by atomic mass is 19.1. The average Bonchev–Trinajstić information content (AvgIpc) is 3.22. The second-order valence-electron chi connectivity index (χ2n) is 5.78. The maximum absolute atomic E-state index is 12.9. The van der Waals surface area contributed by atoms with Crippen molar-refractivity contribution in [2.45, 2.75) is 6.92 Å². The summed E-state index contributed by atoms with van der Waals surface area (Å²) >= 11 is 0. The van der Waals surface area contributed by atoms with Gasteiger partial charge in [0.25, 0.3) is 5.56 Å². The highest BCUT2D eigenvalue weighted by molar-refractivity contribution is 5.89. The minimum Gasteiger partial charge on any atom is -0.463 e. The highest BCUT2D eigenvalue weighted by Gasteiger charge is 2.18. The molecule has 0 aliphatic rings. The van der Waals surface area contributed by atoms with E-state index in [0.29, 0.717) is 28.5 Å². The number of oxazole rings is 1. The fourth-order valence-corrected chi connectivity index (χ4v) is 2.84. The number of pyridine rings is 1. The molecule has 3 heterocycles. The molecule has 0 N–H and O–H groups in total. The van der Waals surface area contributed by atoms with Gasteiger partial charge in [-0.3, -0.25) is 14.0 Å². The standard InChI is InChI=1S/C18H15FN4O3/c1-11-21-16-17(26-11)15(12-7-20-22(2)8-12)9-23(18(16)24)13-3-5-14(6-4-13)25-10-19/h3-9H,10H2,1-2H3. The number of fused-ring (bicyclic) bond motifs is 1. The van der Waals surface area contributed by atoms with E-state index in [9.17, 15) is 9.18 Å². The van der Waals surface area contributed by atoms with Gasteiger partial charge in [-0.05, 0) is 24.3 Å². The molecule has 8 heteroatoms. The summed E-state index contributed by atoms with van der Waals surface area (Å²) in [6.45, 7) is 0.786. The van der Waals surface area contributed by atoms with Crippen molar-refractivity contribution in [1.29, 1.82) is 0 Å². The van der Waals surface area contributed by atoms with Crippen molar-refractivity contribution in [3.05, 3.63) is 59.1 Å². The monoisotopic (exact) mass is 354 g/mol. The van der Waals surface area contributed by atoms with Crippen molar-refractivity contribution >= 4 is 11.1 Å². The van der Waals surface area contributed by atoms with E-state index in [1.807, 2.05) is 13.2 Å². The number of ether oxygens (including phenoxy) is 1. The summed E-state index contributed by atoms with van der Waals surface area (Å²) in [7, 11) is 1.81. The number of halogens is 1. The Labute approximate surface area is 147 Å². The predicted octanol–water partition coefficient (Wildman–Crippen LogP) is 2.99. The third-order valence-corrected chi connectivity index (χ3v) is 4.01. The Morgan fingerprint density at radius 1 is 1.23 bits per heavy atom. The van der Waals surface area contributed by atoms with E-state index < -0.39 is 6.86 Å². The molecule has 1 aromatic carbocycles. The molecule has 0 fully saturated rings. The molecule has 0 atom stereocenters. The third kappa shape index (κ3) is 2.65. The molecular formula is C18H15FN4O3. The van der Waals surface area contributed by atoms with Crippen LogP contribution < -0.4 is 10.3 Å². The highest BCUT2D eigenvalue weighted by Crippen LogP contribution is 2.28. The fourth-order valence-electron chi connectivity index (χ4n) is 2.84. The molecular weight excluding hydrogens is 339 g/mol. The first-order valence-electron chi connectivity index (χ1n) is 7.88. The Morgan fingerprint density at radius 2 is 2.00 bits per heavy atom. The van der Waals surface area contributed by atoms with E-state index in [1.54, 1.807) is 48.3 Å². The number of aryl methyl sites for hydroxylation is 2. The molecule has 0 bridgehead atoms. The molecule has 3 aromatic heterocycles. The summed E-state index contributed by atoms with van der Waals surface area (Å²) < 4.78 is 25.9. The van der Waals surface area contributed by atoms with Crippen LogP contribution in [0.2, 0.25) is 0 Å². The van der Waals surface area contributed by atoms with Crippen molar-refractivity contribution < 1.29 is 13.5 Å². The van der Waals surface area contributed by atoms with Gasteiger partial charge in [0.05, 0.1) is 6.20 Å². The lowest BCUT2D eigenvalue weighted by atomic mass is 10.1. The van der Waals surface area contributed by atoms with Crippen LogP contribution in [0.15, 0.2) is 52.1 Å². The lowest BCUT2D eigenvalue weighted by Gasteiger charge is -2.09. The zero-order valence-electron chi connectivity index (χ0n) is 14.1. The lowest BCUT2D eigenvalue weighted by molar-refractivity contribution is 0.192. The molecule has 4 rings (SSSR count). The molecule has 4 aromatic rings. The van der Waals surface area contributed by atoms with Crippen LogP contribution in [0.1, 0.15) is 5.89 Å². The molecule has 0 unspecified atom stereocenters. The van der Waals surface area contributed by atoms with Gasteiger partial charge >= 0.3 is 0 Å². The Bertz CT molecular complexity index is 1140. The Kier molecular flexibility index (Phi) is 3.80. The van der Waals surface area contributed by atoms with Gasteiger partial charge in [0, 0.05) is 43.2 Å². The van der Waals surface area contributed by atoms with Crippen molar-refractivity contribution in [2.24, 2.45) is 7.05 Å². The molecule has 0 amide bonds. The van der Waals surface area contributed by atoms with Crippen molar-refractivity contribution in [1.82, 2.24) is 19.3 Å². The van der Waals surface area contributed by atoms with Crippen LogP contribution in [0, 0.1) is 6.92 Å². The molecule has 7 nitrogen and oxygen atoms in total. The largest absolute Gasteiger partial charge is 0.463 e. The summed E-state index contributed by atoms with van der Waals surface area (Å²) in [5, 5.41) is 4.18. The summed E-state index contributed by atoms with van der Waals surface area (Å²) in [6.07, 6.45) is 5.22. The molecule has 132 valence electrons. The van der Waals surface area contributed by atoms with Crippen LogP contribution in [-0.4, -0.2) is 26.2 Å². The van der Waals surface area contributed by atoms with Crippen molar-refractivity contribution in [2.75, 3.05) is 6.86 Å². The van der Waals surface area contributed by atoms with Crippen LogP contribution in [0.4, 0.5) is 4.39 Å². The van der Waals surface area contributed by atoms with Gasteiger partial charge in [0.15, 0.2) is 17.0 Å². The van der Waals surface area contributed by atoms with E-state index in [0.717, 1.165) is 5.56 Å². The topological polar surface area (TPSA) is 75.1 Å². The van der Waals surface area contributed by atoms with Gasteiger partial charge in [-0.25, -0.2) is 9.37 Å². The summed E-state index contributed by atoms with van der Waals surface area (Å²) in [5.41, 5.74) is 2.48. The number of benzene rings is 1. The first kappa shape index (κ1) is 16.1. The molecule has 0 aliphatic heterocycles. The second-order valence-corrected chi connectivity index (χ2v) is 5.78. The molecule has 0 spiro atoms. The van der Waals surface area contributed by atoms with Gasteiger partial charge in [0.2, 0.25) is 6.86 Å². The number of hydrogen-bond acceptors (Lipinski definition) is 5. The number of aromatic nitrogens is 4. The van der Waals surface area contributed by atoms with Gasteiger partial charge in [-0.1, -0.05) is 0 Å². The van der Waals surface area contributed by atoms with Crippen LogP contribution in [0.3, 0.4) is 0 Å². The molecule has 0 aliphatic carbocycles. The van der Waals surface area contributed by atoms with Gasteiger partial charge < -0.3 is 9.15 Å². The van der Waals surface area contributed by atoms with E-state index in [-0.39, 0.29) is 11.1 Å². The van der Waals surface area contributed by atoms with E-state index in [4.69, 9.17) is 9.15 Å². The van der Waals surface area contributed by atoms with Gasteiger partial charge in [-0.2, -0.15) is 5.10 Å². The zero-order chi connectivity index (χ0) is 18.3. The first-order valence-corrected chi connectivity index (χ1v) is 7.88. The molecule has 0 radical (unpaired) electrons. The minimum absolute atomic E-state index is 0.243. The Morgan fingerprint density at radius 3 is 2.65 bits per heavy atom. The Hall–Kier alpha value is -3.42. The van der Waals surface area contributed by atoms with Crippen LogP contribution in [0.5, 0.6) is 5.75 Å². The van der Waals surface area contributed by atoms with Crippen LogP contribution >= 0.6 is 0 Å². The van der Waals surface area contributed by atoms with E-state index in [2.05, 4.69) is 10.1 Å². The maximum Gasteiger partial charge on any atom is 0.285 e. The first-order chi connectivity index (χ1) is 12.6. The van der Waals surface area contributed by atoms with Crippen molar-refractivity contribution in [3.63, 3.8) is 0 Å². The average molecular weight is 354 g/mol. The fraction of sp³-hybridized carbons (Fsp3) is 0.167. The predicted molar refractivity (Wildman–Crippen MR) is 93.1 cm³/mol. The normalized spacial score (nSPS) is 11.2. The number of nitrogens with zero attached hydrogens (tertiary/aromatic N) is 4. The minimum atomic E-state index is -0.908.